The molecule has 174 valence electrons. The zero-order chi connectivity index (χ0) is 23.3. The van der Waals surface area contributed by atoms with Crippen LogP contribution < -0.4 is 10.1 Å². The molecule has 0 bridgehead atoms. The van der Waals surface area contributed by atoms with Gasteiger partial charge in [-0.15, -0.1) is 0 Å². The van der Waals surface area contributed by atoms with Gasteiger partial charge in [-0.05, 0) is 56.3 Å². The van der Waals surface area contributed by atoms with E-state index in [4.69, 9.17) is 4.74 Å². The van der Waals surface area contributed by atoms with E-state index in [2.05, 4.69) is 20.4 Å². The maximum atomic E-state index is 13.3. The molecule has 2 heterocycles. The summed E-state index contributed by atoms with van der Waals surface area (Å²) in [5, 5.41) is 8.62. The van der Waals surface area contributed by atoms with Crippen LogP contribution in [0.25, 0.3) is 11.3 Å². The Bertz CT molecular complexity index is 1070. The van der Waals surface area contributed by atoms with Crippen LogP contribution in [0, 0.1) is 0 Å². The van der Waals surface area contributed by atoms with Crippen molar-refractivity contribution in [1.29, 1.82) is 0 Å². The average Bonchev–Trinajstić information content (AvgIpc) is 3.31. The normalized spacial score (nSPS) is 14.8. The molecule has 4 rings (SSSR count). The Kier molecular flexibility index (Phi) is 6.98. The first-order chi connectivity index (χ1) is 15.9. The number of rotatable bonds is 7. The van der Waals surface area contributed by atoms with Gasteiger partial charge in [0.25, 0.3) is 5.91 Å². The van der Waals surface area contributed by atoms with E-state index < -0.39 is 17.6 Å². The Hall–Kier alpha value is -3.33. The zero-order valence-electron chi connectivity index (χ0n) is 18.0. The molecule has 1 aliphatic rings. The van der Waals surface area contributed by atoms with Gasteiger partial charge in [0, 0.05) is 17.7 Å². The SMILES string of the molecule is O=C(Nc1ccccc1-c1[nH]ncc1C(F)(F)F)c1ccc(OCCN2CCCCC2)cc1. The summed E-state index contributed by atoms with van der Waals surface area (Å²) in [6.07, 6.45) is -0.0897. The second-order valence-corrected chi connectivity index (χ2v) is 7.93. The number of benzene rings is 2. The van der Waals surface area contributed by atoms with Gasteiger partial charge in [-0.2, -0.15) is 18.3 Å². The van der Waals surface area contributed by atoms with Crippen molar-refractivity contribution in [3.8, 4) is 17.0 Å². The fourth-order valence-electron chi connectivity index (χ4n) is 3.89. The van der Waals surface area contributed by atoms with Gasteiger partial charge in [0.15, 0.2) is 0 Å². The summed E-state index contributed by atoms with van der Waals surface area (Å²) in [5.41, 5.74) is -0.271. The number of ether oxygens (including phenoxy) is 1. The lowest BCUT2D eigenvalue weighted by Crippen LogP contribution is -2.33. The third kappa shape index (κ3) is 5.73. The zero-order valence-corrected chi connectivity index (χ0v) is 18.0. The second kappa shape index (κ2) is 10.1. The van der Waals surface area contributed by atoms with Gasteiger partial charge in [-0.3, -0.25) is 14.8 Å². The van der Waals surface area contributed by atoms with Crippen molar-refractivity contribution in [3.63, 3.8) is 0 Å². The van der Waals surface area contributed by atoms with Crippen LogP contribution in [0.4, 0.5) is 18.9 Å². The predicted octanol–water partition coefficient (Wildman–Crippen LogP) is 5.21. The molecule has 2 N–H and O–H groups in total. The highest BCUT2D eigenvalue weighted by Gasteiger charge is 2.36. The first kappa shape index (κ1) is 22.8. The maximum Gasteiger partial charge on any atom is 0.420 e. The van der Waals surface area contributed by atoms with E-state index in [0.717, 1.165) is 25.8 Å². The molecule has 1 aliphatic heterocycles. The molecule has 33 heavy (non-hydrogen) atoms. The highest BCUT2D eigenvalue weighted by Crippen LogP contribution is 2.38. The lowest BCUT2D eigenvalue weighted by atomic mass is 10.1. The standard InChI is InChI=1S/C24H25F3N4O2/c25-24(26,27)20-16-28-30-22(20)19-6-2-3-7-21(19)29-23(32)17-8-10-18(11-9-17)33-15-14-31-12-4-1-5-13-31/h2-3,6-11,16H,1,4-5,12-15H2,(H,28,30)(H,29,32). The molecule has 6 nitrogen and oxygen atoms in total. The molecule has 0 unspecified atom stereocenters. The minimum absolute atomic E-state index is 0.198. The number of piperidine rings is 1. The lowest BCUT2D eigenvalue weighted by molar-refractivity contribution is -0.137. The monoisotopic (exact) mass is 458 g/mol. The first-order valence-electron chi connectivity index (χ1n) is 10.9. The molecule has 0 aliphatic carbocycles. The number of aromatic amines is 1. The Balaban J connectivity index is 1.40. The number of likely N-dealkylation sites (tertiary alicyclic amines) is 1. The molecule has 0 atom stereocenters. The van der Waals surface area contributed by atoms with Crippen molar-refractivity contribution >= 4 is 11.6 Å². The van der Waals surface area contributed by atoms with Gasteiger partial charge in [0.1, 0.15) is 17.9 Å². The summed E-state index contributed by atoms with van der Waals surface area (Å²) < 4.78 is 45.7. The number of para-hydroxylation sites is 1. The van der Waals surface area contributed by atoms with Gasteiger partial charge < -0.3 is 10.1 Å². The number of aromatic nitrogens is 2. The molecular formula is C24H25F3N4O2. The van der Waals surface area contributed by atoms with E-state index in [0.29, 0.717) is 17.9 Å². The van der Waals surface area contributed by atoms with E-state index in [-0.39, 0.29) is 16.9 Å². The van der Waals surface area contributed by atoms with Crippen molar-refractivity contribution in [3.05, 3.63) is 65.9 Å². The van der Waals surface area contributed by atoms with E-state index in [1.165, 1.54) is 25.3 Å². The minimum atomic E-state index is -4.57. The van der Waals surface area contributed by atoms with E-state index in [1.807, 2.05) is 0 Å². The van der Waals surface area contributed by atoms with E-state index >= 15 is 0 Å². The Morgan fingerprint density at radius 1 is 1.06 bits per heavy atom. The molecular weight excluding hydrogens is 433 g/mol. The smallest absolute Gasteiger partial charge is 0.420 e. The number of carbonyl (C=O) groups is 1. The van der Waals surface area contributed by atoms with Crippen molar-refractivity contribution in [2.75, 3.05) is 31.6 Å². The molecule has 0 spiro atoms. The third-order valence-corrected chi connectivity index (χ3v) is 5.63. The number of hydrogen-bond acceptors (Lipinski definition) is 4. The van der Waals surface area contributed by atoms with Gasteiger partial charge in [0.05, 0.1) is 17.6 Å². The molecule has 1 aromatic heterocycles. The van der Waals surface area contributed by atoms with Crippen LogP contribution in [0.1, 0.15) is 35.2 Å². The van der Waals surface area contributed by atoms with Gasteiger partial charge in [-0.25, -0.2) is 0 Å². The van der Waals surface area contributed by atoms with Crippen LogP contribution in [0.15, 0.2) is 54.7 Å². The molecule has 3 aromatic rings. The Morgan fingerprint density at radius 3 is 2.52 bits per heavy atom. The predicted molar refractivity (Wildman–Crippen MR) is 119 cm³/mol. The van der Waals surface area contributed by atoms with Crippen LogP contribution in [0.3, 0.4) is 0 Å². The summed E-state index contributed by atoms with van der Waals surface area (Å²) in [6, 6.07) is 13.0. The van der Waals surface area contributed by atoms with Crippen molar-refractivity contribution in [2.45, 2.75) is 25.4 Å². The average molecular weight is 458 g/mol. The fourth-order valence-corrected chi connectivity index (χ4v) is 3.89. The van der Waals surface area contributed by atoms with Gasteiger partial charge in [-0.1, -0.05) is 24.6 Å². The van der Waals surface area contributed by atoms with E-state index in [1.54, 1.807) is 42.5 Å². The molecule has 0 saturated carbocycles. The molecule has 0 radical (unpaired) electrons. The largest absolute Gasteiger partial charge is 0.492 e. The molecule has 1 saturated heterocycles. The fraction of sp³-hybridized carbons (Fsp3) is 0.333. The Morgan fingerprint density at radius 2 is 1.79 bits per heavy atom. The second-order valence-electron chi connectivity index (χ2n) is 7.93. The summed E-state index contributed by atoms with van der Waals surface area (Å²) in [5.74, 6) is 0.228. The first-order valence-corrected chi connectivity index (χ1v) is 10.9. The van der Waals surface area contributed by atoms with Crippen LogP contribution in [0.2, 0.25) is 0 Å². The van der Waals surface area contributed by atoms with Gasteiger partial charge in [0.2, 0.25) is 0 Å². The summed E-state index contributed by atoms with van der Waals surface area (Å²) >= 11 is 0. The van der Waals surface area contributed by atoms with Crippen molar-refractivity contribution < 1.29 is 22.7 Å². The third-order valence-electron chi connectivity index (χ3n) is 5.63. The quantitative estimate of drug-likeness (QED) is 0.510. The van der Waals surface area contributed by atoms with Crippen LogP contribution in [-0.4, -0.2) is 47.2 Å². The van der Waals surface area contributed by atoms with Crippen molar-refractivity contribution in [1.82, 2.24) is 15.1 Å². The number of carbonyl (C=O) groups excluding carboxylic acids is 1. The Labute approximate surface area is 189 Å². The number of hydrogen-bond donors (Lipinski definition) is 2. The number of anilines is 1. The highest BCUT2D eigenvalue weighted by atomic mass is 19.4. The molecule has 1 fully saturated rings. The molecule has 1 amide bonds. The number of alkyl halides is 3. The number of nitrogens with one attached hydrogen (secondary N) is 2. The van der Waals surface area contributed by atoms with Crippen LogP contribution in [-0.2, 0) is 6.18 Å². The molecule has 9 heteroatoms. The van der Waals surface area contributed by atoms with Gasteiger partial charge >= 0.3 is 6.18 Å². The molecule has 2 aromatic carbocycles. The van der Waals surface area contributed by atoms with Crippen molar-refractivity contribution in [2.24, 2.45) is 0 Å². The summed E-state index contributed by atoms with van der Waals surface area (Å²) in [6.45, 7) is 3.65. The summed E-state index contributed by atoms with van der Waals surface area (Å²) in [7, 11) is 0. The van der Waals surface area contributed by atoms with Crippen LogP contribution in [0.5, 0.6) is 5.75 Å². The summed E-state index contributed by atoms with van der Waals surface area (Å²) in [4.78, 5) is 15.1. The van der Waals surface area contributed by atoms with Crippen LogP contribution >= 0.6 is 0 Å². The number of amides is 1. The minimum Gasteiger partial charge on any atom is -0.492 e. The van der Waals surface area contributed by atoms with E-state index in [9.17, 15) is 18.0 Å². The topological polar surface area (TPSA) is 70.2 Å². The maximum absolute atomic E-state index is 13.3. The number of H-pyrrole nitrogens is 1. The highest BCUT2D eigenvalue weighted by molar-refractivity contribution is 6.06. The lowest BCUT2D eigenvalue weighted by Gasteiger charge is -2.26. The number of nitrogens with zero attached hydrogens (tertiary/aromatic N) is 2. The number of halogens is 3.